The van der Waals surface area contributed by atoms with Crippen LogP contribution in [-0.4, -0.2) is 28.6 Å². The molecule has 0 aliphatic heterocycles. The number of carbonyl (C=O) groups excluding carboxylic acids is 1. The summed E-state index contributed by atoms with van der Waals surface area (Å²) in [5, 5.41) is 12.8. The van der Waals surface area contributed by atoms with E-state index in [0.29, 0.717) is 18.0 Å². The van der Waals surface area contributed by atoms with Crippen LogP contribution >= 0.6 is 23.2 Å². The third kappa shape index (κ3) is 4.64. The quantitative estimate of drug-likeness (QED) is 0.879. The van der Waals surface area contributed by atoms with E-state index in [0.717, 1.165) is 0 Å². The van der Waals surface area contributed by atoms with Gasteiger partial charge < -0.3 is 10.4 Å². The van der Waals surface area contributed by atoms with Gasteiger partial charge in [-0.3, -0.25) is 9.78 Å². The molecule has 1 aromatic heterocycles. The second kappa shape index (κ2) is 7.08. The molecule has 1 rings (SSSR count). The molecule has 1 amide bonds. The zero-order valence-corrected chi connectivity index (χ0v) is 12.7. The summed E-state index contributed by atoms with van der Waals surface area (Å²) in [6.45, 7) is 5.90. The van der Waals surface area contributed by atoms with Crippen molar-refractivity contribution in [2.45, 2.75) is 33.3 Å². The van der Waals surface area contributed by atoms with Gasteiger partial charge in [0.15, 0.2) is 0 Å². The molecule has 0 saturated heterocycles. The Balaban J connectivity index is 2.67. The SMILES string of the molecule is Cc1ncc(C(=O)NCC(O)CC(C)C)c(Cl)c1Cl. The zero-order valence-electron chi connectivity index (χ0n) is 11.2. The summed E-state index contributed by atoms with van der Waals surface area (Å²) in [6, 6.07) is 0. The van der Waals surface area contributed by atoms with Gasteiger partial charge in [-0.1, -0.05) is 37.0 Å². The number of amides is 1. The average Bonchev–Trinajstić information content (AvgIpc) is 2.32. The Morgan fingerprint density at radius 1 is 1.42 bits per heavy atom. The van der Waals surface area contributed by atoms with E-state index >= 15 is 0 Å². The Bertz CT molecular complexity index is 464. The van der Waals surface area contributed by atoms with Crippen molar-refractivity contribution in [1.82, 2.24) is 10.3 Å². The average molecular weight is 305 g/mol. The minimum absolute atomic E-state index is 0.179. The molecule has 1 heterocycles. The number of halogens is 2. The van der Waals surface area contributed by atoms with Crippen LogP contribution in [0.1, 0.15) is 36.3 Å². The molecule has 19 heavy (non-hydrogen) atoms. The van der Waals surface area contributed by atoms with E-state index in [1.807, 2.05) is 13.8 Å². The maximum atomic E-state index is 11.9. The molecule has 1 aromatic rings. The summed E-state index contributed by atoms with van der Waals surface area (Å²) < 4.78 is 0. The molecule has 2 N–H and O–H groups in total. The second-order valence-corrected chi connectivity index (χ2v) is 5.63. The monoisotopic (exact) mass is 304 g/mol. The number of rotatable bonds is 5. The highest BCUT2D eigenvalue weighted by atomic mass is 35.5. The van der Waals surface area contributed by atoms with Crippen LogP contribution in [0, 0.1) is 12.8 Å². The second-order valence-electron chi connectivity index (χ2n) is 4.88. The Kier molecular flexibility index (Phi) is 6.04. The van der Waals surface area contributed by atoms with E-state index in [1.165, 1.54) is 6.20 Å². The van der Waals surface area contributed by atoms with Gasteiger partial charge in [0.05, 0.1) is 27.4 Å². The van der Waals surface area contributed by atoms with Gasteiger partial charge in [-0.2, -0.15) is 0 Å². The molecule has 106 valence electrons. The van der Waals surface area contributed by atoms with Gasteiger partial charge in [0.2, 0.25) is 0 Å². The smallest absolute Gasteiger partial charge is 0.254 e. The number of pyridine rings is 1. The van der Waals surface area contributed by atoms with E-state index < -0.39 is 6.10 Å². The van der Waals surface area contributed by atoms with Crippen molar-refractivity contribution in [2.24, 2.45) is 5.92 Å². The van der Waals surface area contributed by atoms with Gasteiger partial charge in [0.1, 0.15) is 0 Å². The normalized spacial score (nSPS) is 12.6. The molecule has 4 nitrogen and oxygen atoms in total. The molecule has 0 bridgehead atoms. The molecular formula is C13H18Cl2N2O2. The number of nitrogens with zero attached hydrogens (tertiary/aromatic N) is 1. The van der Waals surface area contributed by atoms with Gasteiger partial charge in [-0.25, -0.2) is 0 Å². The number of hydrogen-bond acceptors (Lipinski definition) is 3. The highest BCUT2D eigenvalue weighted by molar-refractivity contribution is 6.44. The highest BCUT2D eigenvalue weighted by Crippen LogP contribution is 2.27. The fourth-order valence-electron chi connectivity index (χ4n) is 1.64. The molecule has 0 aliphatic carbocycles. The van der Waals surface area contributed by atoms with Gasteiger partial charge >= 0.3 is 0 Å². The van der Waals surface area contributed by atoms with Crippen molar-refractivity contribution in [1.29, 1.82) is 0 Å². The van der Waals surface area contributed by atoms with Gasteiger partial charge in [-0.15, -0.1) is 0 Å². The first-order valence-corrected chi connectivity index (χ1v) is 6.85. The van der Waals surface area contributed by atoms with Crippen LogP contribution < -0.4 is 5.32 Å². The van der Waals surface area contributed by atoms with E-state index in [9.17, 15) is 9.90 Å². The minimum Gasteiger partial charge on any atom is -0.391 e. The Labute approximate surface area is 123 Å². The molecular weight excluding hydrogens is 287 g/mol. The standard InChI is InChI=1S/C13H18Cl2N2O2/c1-7(2)4-9(18)5-17-13(19)10-6-16-8(3)11(14)12(10)15/h6-7,9,18H,4-5H2,1-3H3,(H,17,19). The highest BCUT2D eigenvalue weighted by Gasteiger charge is 2.16. The largest absolute Gasteiger partial charge is 0.391 e. The van der Waals surface area contributed by atoms with Crippen LogP contribution in [0.2, 0.25) is 10.0 Å². The topological polar surface area (TPSA) is 62.2 Å². The summed E-state index contributed by atoms with van der Waals surface area (Å²) in [5.74, 6) is -0.0202. The first-order chi connectivity index (χ1) is 8.82. The molecule has 0 radical (unpaired) electrons. The Morgan fingerprint density at radius 2 is 2.05 bits per heavy atom. The first kappa shape index (κ1) is 16.2. The van der Waals surface area contributed by atoms with Crippen molar-refractivity contribution >= 4 is 29.1 Å². The molecule has 0 saturated carbocycles. The summed E-state index contributed by atoms with van der Waals surface area (Å²) in [6.07, 6.45) is 1.44. The van der Waals surface area contributed by atoms with Crippen molar-refractivity contribution < 1.29 is 9.90 Å². The Morgan fingerprint density at radius 3 is 2.63 bits per heavy atom. The van der Waals surface area contributed by atoms with Crippen LogP contribution in [0.15, 0.2) is 6.20 Å². The number of carbonyl (C=O) groups is 1. The van der Waals surface area contributed by atoms with Gasteiger partial charge in [0.25, 0.3) is 5.91 Å². The van der Waals surface area contributed by atoms with Crippen molar-refractivity contribution in [3.05, 3.63) is 27.5 Å². The third-order valence-electron chi connectivity index (χ3n) is 2.62. The van der Waals surface area contributed by atoms with Crippen LogP contribution in [-0.2, 0) is 0 Å². The molecule has 1 atom stereocenters. The van der Waals surface area contributed by atoms with Crippen molar-refractivity contribution in [3.8, 4) is 0 Å². The lowest BCUT2D eigenvalue weighted by molar-refractivity contribution is 0.0900. The zero-order chi connectivity index (χ0) is 14.6. The van der Waals surface area contributed by atoms with Gasteiger partial charge in [0, 0.05) is 12.7 Å². The maximum Gasteiger partial charge on any atom is 0.254 e. The van der Waals surface area contributed by atoms with E-state index in [1.54, 1.807) is 6.92 Å². The molecule has 0 fully saturated rings. The number of aromatic nitrogens is 1. The molecule has 0 aromatic carbocycles. The van der Waals surface area contributed by atoms with E-state index in [2.05, 4.69) is 10.3 Å². The number of hydrogen-bond donors (Lipinski definition) is 2. The van der Waals surface area contributed by atoms with Crippen molar-refractivity contribution in [3.63, 3.8) is 0 Å². The van der Waals surface area contributed by atoms with E-state index in [4.69, 9.17) is 23.2 Å². The van der Waals surface area contributed by atoms with Gasteiger partial charge in [-0.05, 0) is 19.3 Å². The lowest BCUT2D eigenvalue weighted by atomic mass is 10.1. The lowest BCUT2D eigenvalue weighted by Gasteiger charge is -2.14. The molecule has 6 heteroatoms. The van der Waals surface area contributed by atoms with Crippen LogP contribution in [0.4, 0.5) is 0 Å². The van der Waals surface area contributed by atoms with Crippen LogP contribution in [0.25, 0.3) is 0 Å². The summed E-state index contributed by atoms with van der Waals surface area (Å²) in [7, 11) is 0. The summed E-state index contributed by atoms with van der Waals surface area (Å²) >= 11 is 11.9. The Hall–Kier alpha value is -0.840. The number of nitrogens with one attached hydrogen (secondary N) is 1. The maximum absolute atomic E-state index is 11.9. The molecule has 0 aliphatic rings. The van der Waals surface area contributed by atoms with E-state index in [-0.39, 0.29) is 28.1 Å². The number of aryl methyl sites for hydroxylation is 1. The molecule has 1 unspecified atom stereocenters. The summed E-state index contributed by atoms with van der Waals surface area (Å²) in [4.78, 5) is 15.9. The number of aliphatic hydroxyl groups is 1. The van der Waals surface area contributed by atoms with Crippen molar-refractivity contribution in [2.75, 3.05) is 6.54 Å². The lowest BCUT2D eigenvalue weighted by Crippen LogP contribution is -2.33. The number of aliphatic hydroxyl groups excluding tert-OH is 1. The fraction of sp³-hybridized carbons (Fsp3) is 0.538. The van der Waals surface area contributed by atoms with Crippen LogP contribution in [0.5, 0.6) is 0 Å². The molecule has 0 spiro atoms. The summed E-state index contributed by atoms with van der Waals surface area (Å²) in [5.41, 5.74) is 0.789. The first-order valence-electron chi connectivity index (χ1n) is 6.09. The predicted molar refractivity (Wildman–Crippen MR) is 76.8 cm³/mol. The fourth-order valence-corrected chi connectivity index (χ4v) is 2.07. The van der Waals surface area contributed by atoms with Crippen LogP contribution in [0.3, 0.4) is 0 Å². The third-order valence-corrected chi connectivity index (χ3v) is 3.57. The predicted octanol–water partition coefficient (Wildman–Crippen LogP) is 2.83. The minimum atomic E-state index is -0.573.